The summed E-state index contributed by atoms with van der Waals surface area (Å²) in [7, 11) is 3.45. The molecule has 0 heterocycles. The molecule has 0 N–H and O–H groups in total. The average Bonchev–Trinajstić information content (AvgIpc) is 2.45. The number of methoxy groups -OCH3 is 1. The van der Waals surface area contributed by atoms with E-state index < -0.39 is 0 Å². The SMILES string of the molecule is COc1ccc(OCCN(C)C(=O)CCC(C)C)cc1. The number of amides is 1. The molecule has 0 aliphatic carbocycles. The summed E-state index contributed by atoms with van der Waals surface area (Å²) in [6.45, 7) is 5.35. The van der Waals surface area contributed by atoms with Gasteiger partial charge in [0.1, 0.15) is 18.1 Å². The lowest BCUT2D eigenvalue weighted by molar-refractivity contribution is -0.130. The molecule has 1 amide bonds. The second-order valence-electron chi connectivity index (χ2n) is 5.27. The van der Waals surface area contributed by atoms with Crippen molar-refractivity contribution in [3.8, 4) is 11.5 Å². The van der Waals surface area contributed by atoms with Crippen molar-refractivity contribution in [3.05, 3.63) is 24.3 Å². The molecule has 1 aromatic carbocycles. The maximum absolute atomic E-state index is 11.8. The van der Waals surface area contributed by atoms with E-state index in [1.54, 1.807) is 12.0 Å². The lowest BCUT2D eigenvalue weighted by Crippen LogP contribution is -2.30. The molecule has 0 bridgehead atoms. The van der Waals surface area contributed by atoms with Crippen LogP contribution >= 0.6 is 0 Å². The first-order chi connectivity index (χ1) is 9.52. The number of ether oxygens (including phenoxy) is 2. The zero-order chi connectivity index (χ0) is 15.0. The fraction of sp³-hybridized carbons (Fsp3) is 0.562. The Labute approximate surface area is 121 Å². The second-order valence-corrected chi connectivity index (χ2v) is 5.27. The minimum Gasteiger partial charge on any atom is -0.497 e. The molecular weight excluding hydrogens is 254 g/mol. The van der Waals surface area contributed by atoms with Crippen molar-refractivity contribution in [2.75, 3.05) is 27.3 Å². The van der Waals surface area contributed by atoms with Gasteiger partial charge in [-0.3, -0.25) is 4.79 Å². The lowest BCUT2D eigenvalue weighted by atomic mass is 10.1. The quantitative estimate of drug-likeness (QED) is 0.734. The first-order valence-electron chi connectivity index (χ1n) is 7.03. The molecule has 0 aliphatic heterocycles. The molecule has 0 saturated heterocycles. The molecule has 0 aliphatic rings. The van der Waals surface area contributed by atoms with Gasteiger partial charge in [-0.15, -0.1) is 0 Å². The smallest absolute Gasteiger partial charge is 0.222 e. The number of benzene rings is 1. The molecule has 20 heavy (non-hydrogen) atoms. The summed E-state index contributed by atoms with van der Waals surface area (Å²) in [5.74, 6) is 2.33. The molecular formula is C16H25NO3. The maximum atomic E-state index is 11.8. The highest BCUT2D eigenvalue weighted by molar-refractivity contribution is 5.75. The third-order valence-corrected chi connectivity index (χ3v) is 3.12. The van der Waals surface area contributed by atoms with Crippen LogP contribution < -0.4 is 9.47 Å². The number of rotatable bonds is 8. The summed E-state index contributed by atoms with van der Waals surface area (Å²) >= 11 is 0. The van der Waals surface area contributed by atoms with Crippen molar-refractivity contribution in [2.24, 2.45) is 5.92 Å². The van der Waals surface area contributed by atoms with Crippen LogP contribution in [0.2, 0.25) is 0 Å². The zero-order valence-electron chi connectivity index (χ0n) is 12.9. The van der Waals surface area contributed by atoms with Gasteiger partial charge in [-0.05, 0) is 36.6 Å². The number of hydrogen-bond donors (Lipinski definition) is 0. The third-order valence-electron chi connectivity index (χ3n) is 3.12. The first kappa shape index (κ1) is 16.3. The normalized spacial score (nSPS) is 10.4. The van der Waals surface area contributed by atoms with Crippen LogP contribution in [-0.2, 0) is 4.79 Å². The largest absolute Gasteiger partial charge is 0.497 e. The van der Waals surface area contributed by atoms with E-state index in [1.807, 2.05) is 31.3 Å². The Morgan fingerprint density at radius 3 is 2.35 bits per heavy atom. The molecule has 0 fully saturated rings. The van der Waals surface area contributed by atoms with Crippen LogP contribution in [0.25, 0.3) is 0 Å². The summed E-state index contributed by atoms with van der Waals surface area (Å²) in [5, 5.41) is 0. The summed E-state index contributed by atoms with van der Waals surface area (Å²) in [4.78, 5) is 13.6. The molecule has 0 atom stereocenters. The number of carbonyl (C=O) groups excluding carboxylic acids is 1. The number of carbonyl (C=O) groups is 1. The Hall–Kier alpha value is -1.71. The van der Waals surface area contributed by atoms with Crippen molar-refractivity contribution in [2.45, 2.75) is 26.7 Å². The summed E-state index contributed by atoms with van der Waals surface area (Å²) in [6.07, 6.45) is 1.54. The van der Waals surface area contributed by atoms with Crippen molar-refractivity contribution in [3.63, 3.8) is 0 Å². The number of nitrogens with zero attached hydrogens (tertiary/aromatic N) is 1. The third kappa shape index (κ3) is 5.95. The minimum atomic E-state index is 0.178. The monoisotopic (exact) mass is 279 g/mol. The zero-order valence-corrected chi connectivity index (χ0v) is 12.9. The predicted molar refractivity (Wildman–Crippen MR) is 80.2 cm³/mol. The van der Waals surface area contributed by atoms with Crippen molar-refractivity contribution in [1.29, 1.82) is 0 Å². The Balaban J connectivity index is 2.26. The van der Waals surface area contributed by atoms with Crippen molar-refractivity contribution < 1.29 is 14.3 Å². The van der Waals surface area contributed by atoms with Gasteiger partial charge in [0.15, 0.2) is 0 Å². The highest BCUT2D eigenvalue weighted by atomic mass is 16.5. The van der Waals surface area contributed by atoms with Gasteiger partial charge in [-0.1, -0.05) is 13.8 Å². The molecule has 0 spiro atoms. The minimum absolute atomic E-state index is 0.178. The fourth-order valence-corrected chi connectivity index (χ4v) is 1.70. The standard InChI is InChI=1S/C16H25NO3/c1-13(2)5-10-16(18)17(3)11-12-20-15-8-6-14(19-4)7-9-15/h6-9,13H,5,10-12H2,1-4H3. The Morgan fingerprint density at radius 1 is 1.20 bits per heavy atom. The highest BCUT2D eigenvalue weighted by Gasteiger charge is 2.09. The maximum Gasteiger partial charge on any atom is 0.222 e. The van der Waals surface area contributed by atoms with Gasteiger partial charge in [-0.2, -0.15) is 0 Å². The molecule has 0 aromatic heterocycles. The van der Waals surface area contributed by atoms with E-state index in [9.17, 15) is 4.79 Å². The Bertz CT molecular complexity index is 401. The van der Waals surface area contributed by atoms with E-state index >= 15 is 0 Å². The van der Waals surface area contributed by atoms with Crippen LogP contribution in [0, 0.1) is 5.92 Å². The molecule has 4 nitrogen and oxygen atoms in total. The van der Waals surface area contributed by atoms with Crippen LogP contribution in [0.5, 0.6) is 11.5 Å². The van der Waals surface area contributed by atoms with E-state index in [0.717, 1.165) is 17.9 Å². The van der Waals surface area contributed by atoms with E-state index in [0.29, 0.717) is 25.5 Å². The predicted octanol–water partition coefficient (Wildman–Crippen LogP) is 2.97. The van der Waals surface area contributed by atoms with Gasteiger partial charge in [0.05, 0.1) is 13.7 Å². The van der Waals surface area contributed by atoms with Crippen molar-refractivity contribution >= 4 is 5.91 Å². The van der Waals surface area contributed by atoms with Gasteiger partial charge in [0, 0.05) is 13.5 Å². The summed E-state index contributed by atoms with van der Waals surface area (Å²) in [5.41, 5.74) is 0. The second kappa shape index (κ2) is 8.46. The molecule has 4 heteroatoms. The van der Waals surface area contributed by atoms with Gasteiger partial charge in [0.2, 0.25) is 5.91 Å². The van der Waals surface area contributed by atoms with Crippen LogP contribution in [0.4, 0.5) is 0 Å². The van der Waals surface area contributed by atoms with E-state index in [1.165, 1.54) is 0 Å². The van der Waals surface area contributed by atoms with Crippen LogP contribution in [0.1, 0.15) is 26.7 Å². The molecule has 0 radical (unpaired) electrons. The van der Waals surface area contributed by atoms with Crippen LogP contribution in [0.15, 0.2) is 24.3 Å². The van der Waals surface area contributed by atoms with Gasteiger partial charge in [0.25, 0.3) is 0 Å². The number of likely N-dealkylation sites (N-methyl/N-ethyl adjacent to an activating group) is 1. The molecule has 1 rings (SSSR count). The van der Waals surface area contributed by atoms with Crippen LogP contribution in [-0.4, -0.2) is 38.1 Å². The molecule has 112 valence electrons. The molecule has 0 unspecified atom stereocenters. The summed E-state index contributed by atoms with van der Waals surface area (Å²) in [6, 6.07) is 7.43. The lowest BCUT2D eigenvalue weighted by Gasteiger charge is -2.18. The van der Waals surface area contributed by atoms with E-state index in [4.69, 9.17) is 9.47 Å². The molecule has 1 aromatic rings. The van der Waals surface area contributed by atoms with E-state index in [-0.39, 0.29) is 5.91 Å². The fourth-order valence-electron chi connectivity index (χ4n) is 1.70. The van der Waals surface area contributed by atoms with Crippen molar-refractivity contribution in [1.82, 2.24) is 4.90 Å². The van der Waals surface area contributed by atoms with E-state index in [2.05, 4.69) is 13.8 Å². The molecule has 0 saturated carbocycles. The topological polar surface area (TPSA) is 38.8 Å². The average molecular weight is 279 g/mol. The first-order valence-corrected chi connectivity index (χ1v) is 7.03. The summed E-state index contributed by atoms with van der Waals surface area (Å²) < 4.78 is 10.7. The van der Waals surface area contributed by atoms with Gasteiger partial charge < -0.3 is 14.4 Å². The highest BCUT2D eigenvalue weighted by Crippen LogP contribution is 2.16. The Morgan fingerprint density at radius 2 is 1.80 bits per heavy atom. The van der Waals surface area contributed by atoms with Gasteiger partial charge >= 0.3 is 0 Å². The van der Waals surface area contributed by atoms with Gasteiger partial charge in [-0.25, -0.2) is 0 Å². The van der Waals surface area contributed by atoms with Crippen LogP contribution in [0.3, 0.4) is 0 Å². The Kier molecular flexibility index (Phi) is 6.91. The number of hydrogen-bond acceptors (Lipinski definition) is 3.